The summed E-state index contributed by atoms with van der Waals surface area (Å²) in [6.45, 7) is 0. The fourth-order valence-electron chi connectivity index (χ4n) is 6.33. The van der Waals surface area contributed by atoms with Crippen molar-refractivity contribution in [1.82, 2.24) is 9.97 Å². The van der Waals surface area contributed by atoms with E-state index in [-0.39, 0.29) is 0 Å². The third-order valence-corrected chi connectivity index (χ3v) is 8.33. The third-order valence-electron chi connectivity index (χ3n) is 8.33. The Morgan fingerprint density at radius 2 is 0.955 bits per heavy atom. The van der Waals surface area contributed by atoms with Gasteiger partial charge < -0.3 is 8.83 Å². The van der Waals surface area contributed by atoms with E-state index in [9.17, 15) is 0 Å². The minimum absolute atomic E-state index is 0.666. The molecular weight excluding hydrogens is 540 g/mol. The van der Waals surface area contributed by atoms with Crippen LogP contribution in [0.3, 0.4) is 0 Å². The Hall–Kier alpha value is -6.00. The number of furan rings is 2. The summed E-state index contributed by atoms with van der Waals surface area (Å²) in [5, 5.41) is 4.32. The van der Waals surface area contributed by atoms with Crippen molar-refractivity contribution in [2.75, 3.05) is 0 Å². The zero-order chi connectivity index (χ0) is 29.0. The van der Waals surface area contributed by atoms with Gasteiger partial charge >= 0.3 is 0 Å². The maximum absolute atomic E-state index is 6.45. The quantitative estimate of drug-likeness (QED) is 0.213. The second-order valence-corrected chi connectivity index (χ2v) is 10.9. The first-order valence-corrected chi connectivity index (χ1v) is 14.7. The molecule has 0 unspecified atom stereocenters. The van der Waals surface area contributed by atoms with Crippen molar-refractivity contribution in [2.45, 2.75) is 0 Å². The zero-order valence-corrected chi connectivity index (χ0v) is 23.6. The monoisotopic (exact) mass is 564 g/mol. The minimum Gasteiger partial charge on any atom is -0.456 e. The SMILES string of the molecule is c1ccc(-c2nc(-c3ccccc3-c3cccc4c3oc3ccccc34)cc(-c3cccc4oc5ccccc5c34)n2)cc1. The second kappa shape index (κ2) is 9.79. The summed E-state index contributed by atoms with van der Waals surface area (Å²) < 4.78 is 12.7. The first-order valence-electron chi connectivity index (χ1n) is 14.7. The second-order valence-electron chi connectivity index (χ2n) is 10.9. The first-order chi connectivity index (χ1) is 21.8. The summed E-state index contributed by atoms with van der Waals surface area (Å²) in [7, 11) is 0. The molecule has 206 valence electrons. The van der Waals surface area contributed by atoms with Crippen molar-refractivity contribution in [3.8, 4) is 45.0 Å². The lowest BCUT2D eigenvalue weighted by Gasteiger charge is -2.13. The molecule has 0 spiro atoms. The van der Waals surface area contributed by atoms with Gasteiger partial charge in [0, 0.05) is 43.8 Å². The van der Waals surface area contributed by atoms with E-state index in [4.69, 9.17) is 18.8 Å². The van der Waals surface area contributed by atoms with E-state index in [1.54, 1.807) is 0 Å². The predicted molar refractivity (Wildman–Crippen MR) is 178 cm³/mol. The van der Waals surface area contributed by atoms with E-state index in [2.05, 4.69) is 84.9 Å². The molecule has 3 aromatic heterocycles. The standard InChI is InChI=1S/C40H24N2O2/c1-2-12-25(13-3-1)40-41-33(24-34(42-40)31-20-11-23-37-38(31)32-17-7-9-22-36(32)43-37)27-15-5-4-14-26(27)29-18-10-19-30-28-16-6-8-21-35(28)44-39(29)30/h1-24H. The molecule has 0 fully saturated rings. The normalized spacial score (nSPS) is 11.6. The van der Waals surface area contributed by atoms with Gasteiger partial charge in [0.25, 0.3) is 0 Å². The lowest BCUT2D eigenvalue weighted by Crippen LogP contribution is -1.97. The molecule has 0 aliphatic rings. The first kappa shape index (κ1) is 24.6. The van der Waals surface area contributed by atoms with Crippen LogP contribution in [0, 0.1) is 0 Å². The highest BCUT2D eigenvalue weighted by molar-refractivity contribution is 6.13. The highest BCUT2D eigenvalue weighted by atomic mass is 16.3. The topological polar surface area (TPSA) is 52.1 Å². The summed E-state index contributed by atoms with van der Waals surface area (Å²) >= 11 is 0. The molecule has 3 heterocycles. The fourth-order valence-corrected chi connectivity index (χ4v) is 6.33. The Kier molecular flexibility index (Phi) is 5.47. The molecule has 0 aliphatic carbocycles. The number of hydrogen-bond donors (Lipinski definition) is 0. The molecule has 44 heavy (non-hydrogen) atoms. The molecule has 4 heteroatoms. The third kappa shape index (κ3) is 3.85. The molecule has 4 nitrogen and oxygen atoms in total. The van der Waals surface area contributed by atoms with Crippen molar-refractivity contribution in [1.29, 1.82) is 0 Å². The van der Waals surface area contributed by atoms with Crippen LogP contribution in [0.2, 0.25) is 0 Å². The summed E-state index contributed by atoms with van der Waals surface area (Å²) in [5.74, 6) is 0.666. The van der Waals surface area contributed by atoms with Crippen molar-refractivity contribution in [3.05, 3.63) is 146 Å². The Morgan fingerprint density at radius 1 is 0.386 bits per heavy atom. The maximum atomic E-state index is 6.45. The van der Waals surface area contributed by atoms with Crippen LogP contribution >= 0.6 is 0 Å². The van der Waals surface area contributed by atoms with Gasteiger partial charge in [-0.3, -0.25) is 0 Å². The van der Waals surface area contributed by atoms with E-state index in [1.165, 1.54) is 0 Å². The number of fused-ring (bicyclic) bond motifs is 6. The van der Waals surface area contributed by atoms with Gasteiger partial charge in [-0.2, -0.15) is 0 Å². The largest absolute Gasteiger partial charge is 0.456 e. The molecule has 0 N–H and O–H groups in total. The average Bonchev–Trinajstić information content (AvgIpc) is 3.67. The highest BCUT2D eigenvalue weighted by Gasteiger charge is 2.19. The van der Waals surface area contributed by atoms with Crippen LogP contribution in [0.15, 0.2) is 154 Å². The predicted octanol–water partition coefficient (Wildman–Crippen LogP) is 10.9. The van der Waals surface area contributed by atoms with E-state index in [0.717, 1.165) is 83.1 Å². The van der Waals surface area contributed by atoms with Gasteiger partial charge in [0.05, 0.1) is 11.4 Å². The Balaban J connectivity index is 1.32. The zero-order valence-electron chi connectivity index (χ0n) is 23.6. The van der Waals surface area contributed by atoms with Crippen molar-refractivity contribution in [2.24, 2.45) is 0 Å². The molecule has 0 saturated carbocycles. The van der Waals surface area contributed by atoms with Gasteiger partial charge in [-0.15, -0.1) is 0 Å². The minimum atomic E-state index is 0.666. The fraction of sp³-hybridized carbons (Fsp3) is 0. The Labute approximate surface area is 252 Å². The number of para-hydroxylation sites is 3. The van der Waals surface area contributed by atoms with Crippen LogP contribution in [0.1, 0.15) is 0 Å². The van der Waals surface area contributed by atoms with E-state index < -0.39 is 0 Å². The molecule has 0 bridgehead atoms. The van der Waals surface area contributed by atoms with Crippen molar-refractivity contribution < 1.29 is 8.83 Å². The van der Waals surface area contributed by atoms with Crippen LogP contribution in [0.4, 0.5) is 0 Å². The van der Waals surface area contributed by atoms with Crippen LogP contribution in [-0.2, 0) is 0 Å². The molecule has 6 aromatic carbocycles. The summed E-state index contributed by atoms with van der Waals surface area (Å²) in [5.41, 5.74) is 10.2. The molecular formula is C40H24N2O2. The number of rotatable bonds is 4. The molecule has 9 rings (SSSR count). The molecule has 9 aromatic rings. The lowest BCUT2D eigenvalue weighted by molar-refractivity contribution is 0.669. The summed E-state index contributed by atoms with van der Waals surface area (Å²) in [6, 6.07) is 49.5. The average molecular weight is 565 g/mol. The van der Waals surface area contributed by atoms with Crippen LogP contribution < -0.4 is 0 Å². The van der Waals surface area contributed by atoms with E-state index in [0.29, 0.717) is 5.82 Å². The number of hydrogen-bond acceptors (Lipinski definition) is 4. The molecule has 0 radical (unpaired) electrons. The van der Waals surface area contributed by atoms with Gasteiger partial charge in [-0.25, -0.2) is 9.97 Å². The van der Waals surface area contributed by atoms with Gasteiger partial charge in [0.2, 0.25) is 0 Å². The molecule has 0 aliphatic heterocycles. The van der Waals surface area contributed by atoms with Gasteiger partial charge in [-0.05, 0) is 29.8 Å². The number of aromatic nitrogens is 2. The molecule has 0 saturated heterocycles. The summed E-state index contributed by atoms with van der Waals surface area (Å²) in [4.78, 5) is 10.3. The van der Waals surface area contributed by atoms with Crippen LogP contribution in [-0.4, -0.2) is 9.97 Å². The van der Waals surface area contributed by atoms with E-state index in [1.807, 2.05) is 60.7 Å². The molecule has 0 amide bonds. The van der Waals surface area contributed by atoms with Crippen molar-refractivity contribution in [3.63, 3.8) is 0 Å². The van der Waals surface area contributed by atoms with Crippen molar-refractivity contribution >= 4 is 43.9 Å². The smallest absolute Gasteiger partial charge is 0.160 e. The van der Waals surface area contributed by atoms with Crippen LogP contribution in [0.25, 0.3) is 88.9 Å². The Morgan fingerprint density at radius 3 is 1.80 bits per heavy atom. The maximum Gasteiger partial charge on any atom is 0.160 e. The van der Waals surface area contributed by atoms with Gasteiger partial charge in [0.1, 0.15) is 22.3 Å². The van der Waals surface area contributed by atoms with Crippen LogP contribution in [0.5, 0.6) is 0 Å². The Bertz CT molecular complexity index is 2510. The number of benzene rings is 6. The number of nitrogens with zero attached hydrogens (tertiary/aromatic N) is 2. The van der Waals surface area contributed by atoms with E-state index >= 15 is 0 Å². The lowest BCUT2D eigenvalue weighted by atomic mass is 9.94. The highest BCUT2D eigenvalue weighted by Crippen LogP contribution is 2.41. The van der Waals surface area contributed by atoms with Gasteiger partial charge in [-0.1, -0.05) is 121 Å². The summed E-state index contributed by atoms with van der Waals surface area (Å²) in [6.07, 6.45) is 0. The molecule has 0 atom stereocenters. The van der Waals surface area contributed by atoms with Gasteiger partial charge in [0.15, 0.2) is 5.82 Å².